The number of rotatable bonds is 3. The van der Waals surface area contributed by atoms with Crippen LogP contribution in [-0.2, 0) is 18.2 Å². The first-order valence-corrected chi connectivity index (χ1v) is 8.04. The van der Waals surface area contributed by atoms with E-state index in [0.717, 1.165) is 37.1 Å². The summed E-state index contributed by atoms with van der Waals surface area (Å²) in [5.74, 6) is 0. The highest BCUT2D eigenvalue weighted by Gasteiger charge is 2.33. The van der Waals surface area contributed by atoms with Crippen LogP contribution in [0.1, 0.15) is 23.4 Å². The first-order chi connectivity index (χ1) is 10.2. The molecule has 21 heavy (non-hydrogen) atoms. The molecule has 2 aliphatic heterocycles. The lowest BCUT2D eigenvalue weighted by atomic mass is 10.0. The standard InChI is InChI=1S/C14H18BrN5O/c1-18-13-2-3-21-14(12(13)5-16-18)9-19-7-11(8-19)20-6-10(15)4-17-20/h4-6,11,14H,2-3,7-9H2,1H3. The topological polar surface area (TPSA) is 48.1 Å². The summed E-state index contributed by atoms with van der Waals surface area (Å²) in [7, 11) is 2.01. The van der Waals surface area contributed by atoms with Crippen LogP contribution >= 0.6 is 15.9 Å². The van der Waals surface area contributed by atoms with Gasteiger partial charge >= 0.3 is 0 Å². The monoisotopic (exact) mass is 351 g/mol. The van der Waals surface area contributed by atoms with Gasteiger partial charge in [0.15, 0.2) is 0 Å². The molecule has 1 saturated heterocycles. The lowest BCUT2D eigenvalue weighted by Gasteiger charge is -2.41. The molecule has 2 aromatic heterocycles. The molecule has 2 aliphatic rings. The van der Waals surface area contributed by atoms with E-state index in [1.165, 1.54) is 11.3 Å². The molecule has 0 N–H and O–H groups in total. The van der Waals surface area contributed by atoms with Crippen molar-refractivity contribution in [3.8, 4) is 0 Å². The number of hydrogen-bond donors (Lipinski definition) is 0. The normalized spacial score (nSPS) is 23.0. The smallest absolute Gasteiger partial charge is 0.0984 e. The molecule has 7 heteroatoms. The van der Waals surface area contributed by atoms with Gasteiger partial charge in [0.2, 0.25) is 0 Å². The van der Waals surface area contributed by atoms with Gasteiger partial charge < -0.3 is 4.74 Å². The molecule has 0 saturated carbocycles. The number of ether oxygens (including phenoxy) is 1. The van der Waals surface area contributed by atoms with Crippen LogP contribution in [0.3, 0.4) is 0 Å². The molecule has 0 spiro atoms. The van der Waals surface area contributed by atoms with Gasteiger partial charge in [0.25, 0.3) is 0 Å². The molecule has 0 aromatic carbocycles. The van der Waals surface area contributed by atoms with Crippen molar-refractivity contribution in [1.29, 1.82) is 0 Å². The molecule has 0 radical (unpaired) electrons. The summed E-state index contributed by atoms with van der Waals surface area (Å²) in [5, 5.41) is 8.72. The van der Waals surface area contributed by atoms with Crippen LogP contribution in [-0.4, -0.2) is 50.7 Å². The molecule has 1 fully saturated rings. The Morgan fingerprint density at radius 3 is 2.95 bits per heavy atom. The lowest BCUT2D eigenvalue weighted by Crippen LogP contribution is -2.49. The van der Waals surface area contributed by atoms with E-state index in [9.17, 15) is 0 Å². The van der Waals surface area contributed by atoms with Crippen LogP contribution in [0.15, 0.2) is 23.1 Å². The predicted octanol–water partition coefficient (Wildman–Crippen LogP) is 1.55. The first-order valence-electron chi connectivity index (χ1n) is 7.25. The summed E-state index contributed by atoms with van der Waals surface area (Å²) in [4.78, 5) is 2.42. The van der Waals surface area contributed by atoms with Crippen LogP contribution in [0.25, 0.3) is 0 Å². The van der Waals surface area contributed by atoms with Gasteiger partial charge in [0.1, 0.15) is 0 Å². The highest BCUT2D eigenvalue weighted by atomic mass is 79.9. The number of halogens is 1. The maximum absolute atomic E-state index is 5.94. The Hall–Kier alpha value is -1.18. The zero-order valence-corrected chi connectivity index (χ0v) is 13.5. The van der Waals surface area contributed by atoms with Crippen LogP contribution in [0.2, 0.25) is 0 Å². The van der Waals surface area contributed by atoms with Gasteiger partial charge in [-0.15, -0.1) is 0 Å². The summed E-state index contributed by atoms with van der Waals surface area (Å²) in [6, 6.07) is 0.480. The highest BCUT2D eigenvalue weighted by molar-refractivity contribution is 9.10. The average molecular weight is 352 g/mol. The Bertz CT molecular complexity index is 646. The molecule has 0 aliphatic carbocycles. The lowest BCUT2D eigenvalue weighted by molar-refractivity contribution is -0.0139. The molecule has 4 heterocycles. The van der Waals surface area contributed by atoms with E-state index in [2.05, 4.69) is 31.0 Å². The fourth-order valence-corrected chi connectivity index (χ4v) is 3.50. The number of nitrogens with zero attached hydrogens (tertiary/aromatic N) is 5. The van der Waals surface area contributed by atoms with Crippen molar-refractivity contribution in [2.75, 3.05) is 26.2 Å². The van der Waals surface area contributed by atoms with Gasteiger partial charge in [-0.1, -0.05) is 0 Å². The van der Waals surface area contributed by atoms with E-state index < -0.39 is 0 Å². The number of hydrogen-bond acceptors (Lipinski definition) is 4. The molecule has 0 amide bonds. The minimum atomic E-state index is 0.160. The van der Waals surface area contributed by atoms with Crippen molar-refractivity contribution >= 4 is 15.9 Å². The Kier molecular flexibility index (Phi) is 3.35. The van der Waals surface area contributed by atoms with Crippen LogP contribution in [0.4, 0.5) is 0 Å². The van der Waals surface area contributed by atoms with Gasteiger partial charge in [0.05, 0.1) is 35.6 Å². The third kappa shape index (κ3) is 2.43. The summed E-state index contributed by atoms with van der Waals surface area (Å²) in [6.07, 6.45) is 6.97. The third-order valence-corrected chi connectivity index (χ3v) is 4.81. The molecule has 2 aromatic rings. The predicted molar refractivity (Wildman–Crippen MR) is 81.0 cm³/mol. The zero-order valence-electron chi connectivity index (χ0n) is 11.9. The van der Waals surface area contributed by atoms with Gasteiger partial charge in [-0.2, -0.15) is 10.2 Å². The Balaban J connectivity index is 1.38. The van der Waals surface area contributed by atoms with E-state index in [1.54, 1.807) is 0 Å². The van der Waals surface area contributed by atoms with Gasteiger partial charge in [-0.3, -0.25) is 14.3 Å². The second-order valence-electron chi connectivity index (χ2n) is 5.79. The molecular formula is C14H18BrN5O. The Morgan fingerprint density at radius 2 is 2.19 bits per heavy atom. The number of likely N-dealkylation sites (tertiary alicyclic amines) is 1. The summed E-state index contributed by atoms with van der Waals surface area (Å²) in [5.41, 5.74) is 2.58. The minimum Gasteiger partial charge on any atom is -0.372 e. The maximum Gasteiger partial charge on any atom is 0.0984 e. The second-order valence-corrected chi connectivity index (χ2v) is 6.71. The Labute approximate surface area is 131 Å². The fourth-order valence-electron chi connectivity index (χ4n) is 3.20. The molecular weight excluding hydrogens is 334 g/mol. The molecule has 4 rings (SSSR count). The van der Waals surface area contributed by atoms with Crippen molar-refractivity contribution in [2.24, 2.45) is 7.05 Å². The molecule has 0 bridgehead atoms. The first kappa shape index (κ1) is 13.5. The van der Waals surface area contributed by atoms with E-state index in [4.69, 9.17) is 4.74 Å². The van der Waals surface area contributed by atoms with E-state index in [-0.39, 0.29) is 6.10 Å². The largest absolute Gasteiger partial charge is 0.372 e. The van der Waals surface area contributed by atoms with Crippen molar-refractivity contribution in [3.63, 3.8) is 0 Å². The van der Waals surface area contributed by atoms with Crippen molar-refractivity contribution in [2.45, 2.75) is 18.6 Å². The van der Waals surface area contributed by atoms with Gasteiger partial charge in [0, 0.05) is 50.6 Å². The number of fused-ring (bicyclic) bond motifs is 1. The second kappa shape index (κ2) is 5.23. The maximum atomic E-state index is 5.94. The van der Waals surface area contributed by atoms with E-state index >= 15 is 0 Å². The zero-order chi connectivity index (χ0) is 14.4. The quantitative estimate of drug-likeness (QED) is 0.841. The SMILES string of the molecule is Cn1ncc2c1CCOC2CN1CC(n2cc(Br)cn2)C1. The highest BCUT2D eigenvalue weighted by Crippen LogP contribution is 2.30. The number of aromatic nitrogens is 4. The molecule has 112 valence electrons. The van der Waals surface area contributed by atoms with Crippen LogP contribution in [0.5, 0.6) is 0 Å². The minimum absolute atomic E-state index is 0.160. The fraction of sp³-hybridized carbons (Fsp3) is 0.571. The van der Waals surface area contributed by atoms with Crippen molar-refractivity contribution in [1.82, 2.24) is 24.5 Å². The van der Waals surface area contributed by atoms with Gasteiger partial charge in [-0.05, 0) is 15.9 Å². The van der Waals surface area contributed by atoms with Crippen molar-refractivity contribution < 1.29 is 4.74 Å². The molecule has 1 atom stereocenters. The Morgan fingerprint density at radius 1 is 1.33 bits per heavy atom. The summed E-state index contributed by atoms with van der Waals surface area (Å²) in [6.45, 7) is 3.80. The average Bonchev–Trinajstić information content (AvgIpc) is 3.01. The van der Waals surface area contributed by atoms with Crippen molar-refractivity contribution in [3.05, 3.63) is 34.3 Å². The number of aryl methyl sites for hydroxylation is 1. The summed E-state index contributed by atoms with van der Waals surface area (Å²) < 4.78 is 11.0. The van der Waals surface area contributed by atoms with E-state index in [0.29, 0.717) is 6.04 Å². The van der Waals surface area contributed by atoms with Gasteiger partial charge in [-0.25, -0.2) is 0 Å². The molecule has 6 nitrogen and oxygen atoms in total. The van der Waals surface area contributed by atoms with Crippen LogP contribution < -0.4 is 0 Å². The third-order valence-electron chi connectivity index (χ3n) is 4.40. The van der Waals surface area contributed by atoms with E-state index in [1.807, 2.05) is 35.0 Å². The summed E-state index contributed by atoms with van der Waals surface area (Å²) >= 11 is 3.44. The molecule has 1 unspecified atom stereocenters. The van der Waals surface area contributed by atoms with Crippen LogP contribution in [0, 0.1) is 0 Å².